The number of aliphatic carboxylic acids is 1. The average Bonchev–Trinajstić information content (AvgIpc) is 2.53. The lowest BCUT2D eigenvalue weighted by molar-refractivity contribution is -0.142. The first-order valence-corrected chi connectivity index (χ1v) is 8.22. The minimum atomic E-state index is -1.22. The van der Waals surface area contributed by atoms with Crippen molar-refractivity contribution in [2.45, 2.75) is 45.7 Å². The van der Waals surface area contributed by atoms with Gasteiger partial charge in [-0.05, 0) is 30.0 Å². The second kappa shape index (κ2) is 9.55. The van der Waals surface area contributed by atoms with Crippen LogP contribution in [0.15, 0.2) is 24.3 Å². The Kier molecular flexibility index (Phi) is 7.77. The van der Waals surface area contributed by atoms with E-state index in [9.17, 15) is 24.3 Å². The van der Waals surface area contributed by atoms with Crippen molar-refractivity contribution in [2.75, 3.05) is 0 Å². The highest BCUT2D eigenvalue weighted by Gasteiger charge is 2.26. The Morgan fingerprint density at radius 3 is 1.96 bits per heavy atom. The predicted octanol–water partition coefficient (Wildman–Crippen LogP) is 1.05. The number of rotatable bonds is 9. The first kappa shape index (κ1) is 21.1. The van der Waals surface area contributed by atoms with Gasteiger partial charge in [-0.3, -0.25) is 9.59 Å². The van der Waals surface area contributed by atoms with E-state index in [0.29, 0.717) is 12.0 Å². The number of benzene rings is 1. The molecule has 0 aliphatic heterocycles. The third kappa shape index (κ3) is 6.92. The number of carboxylic acid groups (broad SMARTS) is 2. The van der Waals surface area contributed by atoms with Gasteiger partial charge >= 0.3 is 11.9 Å². The Labute approximate surface area is 151 Å². The molecule has 0 spiro atoms. The summed E-state index contributed by atoms with van der Waals surface area (Å²) in [7, 11) is 0. The summed E-state index contributed by atoms with van der Waals surface area (Å²) in [6.07, 6.45) is 0.375. The van der Waals surface area contributed by atoms with Gasteiger partial charge in [-0.2, -0.15) is 0 Å². The number of hydrogen-bond donors (Lipinski definition) is 4. The fraction of sp³-hybridized carbons (Fsp3) is 0.444. The Morgan fingerprint density at radius 2 is 1.54 bits per heavy atom. The van der Waals surface area contributed by atoms with E-state index in [1.807, 2.05) is 13.8 Å². The van der Waals surface area contributed by atoms with Crippen LogP contribution in [0.3, 0.4) is 0 Å². The van der Waals surface area contributed by atoms with Gasteiger partial charge in [0.1, 0.15) is 12.1 Å². The van der Waals surface area contributed by atoms with E-state index in [1.54, 1.807) is 0 Å². The van der Waals surface area contributed by atoms with Crippen LogP contribution >= 0.6 is 0 Å². The molecule has 0 aliphatic carbocycles. The summed E-state index contributed by atoms with van der Waals surface area (Å²) in [4.78, 5) is 46.0. The van der Waals surface area contributed by atoms with Crippen molar-refractivity contribution in [3.05, 3.63) is 35.4 Å². The molecule has 0 saturated heterocycles. The fourth-order valence-corrected chi connectivity index (χ4v) is 2.44. The lowest BCUT2D eigenvalue weighted by atomic mass is 10.0. The lowest BCUT2D eigenvalue weighted by Crippen LogP contribution is -2.52. The molecule has 0 heterocycles. The summed E-state index contributed by atoms with van der Waals surface area (Å²) < 4.78 is 0. The summed E-state index contributed by atoms with van der Waals surface area (Å²) in [5.74, 6) is -3.10. The normalized spacial score (nSPS) is 12.9. The SMILES string of the molecule is CC(=O)N[C@@H](CC(C)C)C(=O)N[C@@H](Cc1ccc(C(=O)O)cc1)C(=O)O. The smallest absolute Gasteiger partial charge is 0.335 e. The zero-order valence-electron chi connectivity index (χ0n) is 15.0. The molecule has 0 aliphatic rings. The van der Waals surface area contributed by atoms with E-state index in [1.165, 1.54) is 31.2 Å². The van der Waals surface area contributed by atoms with E-state index in [4.69, 9.17) is 5.11 Å². The number of aromatic carboxylic acids is 1. The third-order valence-electron chi connectivity index (χ3n) is 3.66. The highest BCUT2D eigenvalue weighted by Crippen LogP contribution is 2.09. The molecular formula is C18H24N2O6. The zero-order chi connectivity index (χ0) is 19.9. The maximum atomic E-state index is 12.4. The van der Waals surface area contributed by atoms with Crippen molar-refractivity contribution >= 4 is 23.8 Å². The quantitative estimate of drug-likeness (QED) is 0.518. The molecule has 0 saturated carbocycles. The highest BCUT2D eigenvalue weighted by molar-refractivity contribution is 5.90. The van der Waals surface area contributed by atoms with Gasteiger partial charge < -0.3 is 20.8 Å². The average molecular weight is 364 g/mol. The number of carboxylic acids is 2. The van der Waals surface area contributed by atoms with E-state index in [2.05, 4.69) is 10.6 Å². The highest BCUT2D eigenvalue weighted by atomic mass is 16.4. The van der Waals surface area contributed by atoms with Crippen LogP contribution in [0.25, 0.3) is 0 Å². The van der Waals surface area contributed by atoms with Crippen LogP contribution < -0.4 is 10.6 Å². The minimum Gasteiger partial charge on any atom is -0.480 e. The first-order chi connectivity index (χ1) is 12.1. The topological polar surface area (TPSA) is 133 Å². The molecule has 0 unspecified atom stereocenters. The van der Waals surface area contributed by atoms with Gasteiger partial charge in [0, 0.05) is 13.3 Å². The van der Waals surface area contributed by atoms with E-state index >= 15 is 0 Å². The predicted molar refractivity (Wildman–Crippen MR) is 93.7 cm³/mol. The molecule has 0 aromatic heterocycles. The Bertz CT molecular complexity index is 669. The van der Waals surface area contributed by atoms with Gasteiger partial charge in [0.05, 0.1) is 5.56 Å². The molecule has 0 radical (unpaired) electrons. The number of carbonyl (C=O) groups excluding carboxylic acids is 2. The summed E-state index contributed by atoms with van der Waals surface area (Å²) in [6, 6.07) is 3.75. The Balaban J connectivity index is 2.85. The molecule has 1 aromatic rings. The van der Waals surface area contributed by atoms with Gasteiger partial charge in [0.15, 0.2) is 0 Å². The first-order valence-electron chi connectivity index (χ1n) is 8.22. The Morgan fingerprint density at radius 1 is 0.962 bits per heavy atom. The largest absolute Gasteiger partial charge is 0.480 e. The minimum absolute atomic E-state index is 0.00452. The van der Waals surface area contributed by atoms with Crippen LogP contribution in [-0.4, -0.2) is 46.0 Å². The molecule has 1 aromatic carbocycles. The molecule has 2 atom stereocenters. The number of amides is 2. The van der Waals surface area contributed by atoms with Gasteiger partial charge in [-0.1, -0.05) is 26.0 Å². The van der Waals surface area contributed by atoms with E-state index in [-0.39, 0.29) is 23.8 Å². The molecular weight excluding hydrogens is 340 g/mol. The maximum absolute atomic E-state index is 12.4. The second-order valence-electron chi connectivity index (χ2n) is 6.49. The van der Waals surface area contributed by atoms with Crippen LogP contribution in [0.1, 0.15) is 43.1 Å². The van der Waals surface area contributed by atoms with Gasteiger partial charge in [-0.25, -0.2) is 9.59 Å². The second-order valence-corrected chi connectivity index (χ2v) is 6.49. The molecule has 0 fully saturated rings. The monoisotopic (exact) mass is 364 g/mol. The van der Waals surface area contributed by atoms with Crippen molar-refractivity contribution in [1.29, 1.82) is 0 Å². The van der Waals surface area contributed by atoms with Crippen molar-refractivity contribution in [1.82, 2.24) is 10.6 Å². The molecule has 8 nitrogen and oxygen atoms in total. The number of nitrogens with one attached hydrogen (secondary N) is 2. The van der Waals surface area contributed by atoms with E-state index in [0.717, 1.165) is 0 Å². The van der Waals surface area contributed by atoms with Crippen LogP contribution in [0.5, 0.6) is 0 Å². The maximum Gasteiger partial charge on any atom is 0.335 e. The number of carbonyl (C=O) groups is 4. The summed E-state index contributed by atoms with van der Waals surface area (Å²) in [6.45, 7) is 5.07. The fourth-order valence-electron chi connectivity index (χ4n) is 2.44. The van der Waals surface area contributed by atoms with Gasteiger partial charge in [0.25, 0.3) is 0 Å². The zero-order valence-corrected chi connectivity index (χ0v) is 15.0. The van der Waals surface area contributed by atoms with Crippen LogP contribution in [-0.2, 0) is 20.8 Å². The third-order valence-corrected chi connectivity index (χ3v) is 3.66. The summed E-state index contributed by atoms with van der Waals surface area (Å²) in [5, 5.41) is 23.2. The van der Waals surface area contributed by atoms with Crippen LogP contribution in [0.2, 0.25) is 0 Å². The van der Waals surface area contributed by atoms with Crippen molar-refractivity contribution < 1.29 is 29.4 Å². The van der Waals surface area contributed by atoms with E-state index < -0.39 is 29.9 Å². The van der Waals surface area contributed by atoms with Crippen LogP contribution in [0, 0.1) is 5.92 Å². The summed E-state index contributed by atoms with van der Waals surface area (Å²) >= 11 is 0. The van der Waals surface area contributed by atoms with Crippen molar-refractivity contribution in [3.8, 4) is 0 Å². The Hall–Kier alpha value is -2.90. The molecule has 26 heavy (non-hydrogen) atoms. The van der Waals surface area contributed by atoms with Gasteiger partial charge in [0.2, 0.25) is 11.8 Å². The molecule has 8 heteroatoms. The molecule has 2 amide bonds. The molecule has 4 N–H and O–H groups in total. The van der Waals surface area contributed by atoms with Crippen molar-refractivity contribution in [2.24, 2.45) is 5.92 Å². The lowest BCUT2D eigenvalue weighted by Gasteiger charge is -2.22. The van der Waals surface area contributed by atoms with Crippen molar-refractivity contribution in [3.63, 3.8) is 0 Å². The number of hydrogen-bond acceptors (Lipinski definition) is 4. The van der Waals surface area contributed by atoms with Gasteiger partial charge in [-0.15, -0.1) is 0 Å². The molecule has 142 valence electrons. The van der Waals surface area contributed by atoms with Crippen LogP contribution in [0.4, 0.5) is 0 Å². The molecule has 0 bridgehead atoms. The summed E-state index contributed by atoms with van der Waals surface area (Å²) in [5.41, 5.74) is 0.662. The standard InChI is InChI=1S/C18H24N2O6/c1-10(2)8-14(19-11(3)21)16(22)20-15(18(25)26)9-12-4-6-13(7-5-12)17(23)24/h4-7,10,14-15H,8-9H2,1-3H3,(H,19,21)(H,20,22)(H,23,24)(H,25,26)/t14-,15-/m0/s1. The molecule has 1 rings (SSSR count).